The first-order chi connectivity index (χ1) is 13.4. The minimum absolute atomic E-state index is 0.0239. The Kier molecular flexibility index (Phi) is 4.83. The number of fused-ring (bicyclic) bond motifs is 1. The zero-order valence-corrected chi connectivity index (χ0v) is 16.1. The van der Waals surface area contributed by atoms with E-state index in [1.807, 2.05) is 54.6 Å². The van der Waals surface area contributed by atoms with E-state index in [-0.39, 0.29) is 24.6 Å². The first-order valence-corrected chi connectivity index (χ1v) is 9.44. The molecule has 28 heavy (non-hydrogen) atoms. The molecule has 1 saturated heterocycles. The summed E-state index contributed by atoms with van der Waals surface area (Å²) >= 11 is 0. The number of ether oxygens (including phenoxy) is 1. The Hall–Kier alpha value is -2.83. The number of para-hydroxylation sites is 1. The van der Waals surface area contributed by atoms with Gasteiger partial charge < -0.3 is 20.1 Å². The Balaban J connectivity index is 1.62. The number of nitrogens with one attached hydrogen (secondary N) is 2. The van der Waals surface area contributed by atoms with Crippen LogP contribution in [0, 0.1) is 5.92 Å². The molecule has 2 aromatic rings. The third-order valence-electron chi connectivity index (χ3n) is 4.92. The van der Waals surface area contributed by atoms with Crippen molar-refractivity contribution in [3.8, 4) is 5.75 Å². The smallest absolute Gasteiger partial charge is 0.232 e. The molecule has 1 fully saturated rings. The number of nitrogens with zero attached hydrogens (tertiary/aromatic N) is 1. The molecule has 2 heterocycles. The van der Waals surface area contributed by atoms with E-state index >= 15 is 0 Å². The fourth-order valence-electron chi connectivity index (χ4n) is 3.59. The van der Waals surface area contributed by atoms with Crippen LogP contribution in [0.4, 0.5) is 5.69 Å². The van der Waals surface area contributed by atoms with Crippen molar-refractivity contribution in [1.82, 2.24) is 10.6 Å². The molecule has 0 spiro atoms. The third kappa shape index (κ3) is 3.74. The Morgan fingerprint density at radius 2 is 1.86 bits per heavy atom. The Morgan fingerprint density at radius 3 is 2.54 bits per heavy atom. The average Bonchev–Trinajstić information content (AvgIpc) is 3.08. The van der Waals surface area contributed by atoms with Gasteiger partial charge in [0.05, 0.1) is 18.2 Å². The molecule has 0 radical (unpaired) electrons. The van der Waals surface area contributed by atoms with Crippen molar-refractivity contribution in [1.29, 1.82) is 0 Å². The fraction of sp³-hybridized carbons (Fsp3) is 0.318. The van der Waals surface area contributed by atoms with Gasteiger partial charge >= 0.3 is 0 Å². The zero-order valence-electron chi connectivity index (χ0n) is 16.1. The first-order valence-electron chi connectivity index (χ1n) is 9.44. The van der Waals surface area contributed by atoms with Crippen molar-refractivity contribution >= 4 is 17.2 Å². The largest absolute Gasteiger partial charge is 0.491 e. The molecule has 6 nitrogen and oxygen atoms in total. The molecule has 0 bridgehead atoms. The maximum Gasteiger partial charge on any atom is 0.232 e. The minimum atomic E-state index is -0.887. The van der Waals surface area contributed by atoms with E-state index in [1.54, 1.807) is 13.8 Å². The van der Waals surface area contributed by atoms with Crippen molar-refractivity contribution in [2.45, 2.75) is 25.6 Å². The number of anilines is 1. The molecule has 4 rings (SSSR count). The van der Waals surface area contributed by atoms with Gasteiger partial charge in [-0.3, -0.25) is 10.1 Å². The van der Waals surface area contributed by atoms with Gasteiger partial charge in [0.2, 0.25) is 5.91 Å². The van der Waals surface area contributed by atoms with Gasteiger partial charge in [0, 0.05) is 11.9 Å². The third-order valence-corrected chi connectivity index (χ3v) is 4.92. The highest BCUT2D eigenvalue weighted by molar-refractivity contribution is 5.96. The number of hydrogen-bond acceptors (Lipinski definition) is 5. The number of benzene rings is 2. The van der Waals surface area contributed by atoms with Gasteiger partial charge in [0.1, 0.15) is 18.5 Å². The summed E-state index contributed by atoms with van der Waals surface area (Å²) in [6.45, 7) is 4.08. The molecule has 6 heteroatoms. The molecular weight excluding hydrogens is 354 g/mol. The SMILES string of the molecule is CC(C)(O)COc1ccc(C2=CN(c3ccccc3)C3NCNC(=O)C23)cc1. The number of aliphatic hydroxyl groups is 1. The molecule has 2 unspecified atom stereocenters. The van der Waals surface area contributed by atoms with Gasteiger partial charge in [-0.2, -0.15) is 0 Å². The predicted octanol–water partition coefficient (Wildman–Crippen LogP) is 2.32. The number of carbonyl (C=O) groups is 1. The van der Waals surface area contributed by atoms with Crippen molar-refractivity contribution in [2.75, 3.05) is 18.2 Å². The number of carbonyl (C=O) groups excluding carboxylic acids is 1. The normalized spacial score (nSPS) is 21.8. The van der Waals surface area contributed by atoms with Crippen LogP contribution in [-0.4, -0.2) is 36.1 Å². The van der Waals surface area contributed by atoms with E-state index in [0.29, 0.717) is 12.4 Å². The molecule has 2 aromatic carbocycles. The molecule has 0 saturated carbocycles. The summed E-state index contributed by atoms with van der Waals surface area (Å²) in [6.07, 6.45) is 1.94. The van der Waals surface area contributed by atoms with Gasteiger partial charge in [-0.1, -0.05) is 30.3 Å². The highest BCUT2D eigenvalue weighted by Crippen LogP contribution is 2.38. The topological polar surface area (TPSA) is 73.8 Å². The molecule has 2 aliphatic rings. The van der Waals surface area contributed by atoms with Crippen LogP contribution in [0.25, 0.3) is 5.57 Å². The van der Waals surface area contributed by atoms with Gasteiger partial charge in [-0.15, -0.1) is 0 Å². The minimum Gasteiger partial charge on any atom is -0.491 e. The van der Waals surface area contributed by atoms with Crippen LogP contribution in [0.15, 0.2) is 60.8 Å². The average molecular weight is 379 g/mol. The lowest BCUT2D eigenvalue weighted by molar-refractivity contribution is -0.125. The molecule has 0 aromatic heterocycles. The van der Waals surface area contributed by atoms with E-state index in [4.69, 9.17) is 4.74 Å². The van der Waals surface area contributed by atoms with E-state index in [2.05, 4.69) is 21.7 Å². The summed E-state index contributed by atoms with van der Waals surface area (Å²) in [4.78, 5) is 14.8. The van der Waals surface area contributed by atoms with Gasteiger partial charge in [0.15, 0.2) is 0 Å². The lowest BCUT2D eigenvalue weighted by Crippen LogP contribution is -2.58. The molecule has 2 atom stereocenters. The second-order valence-corrected chi connectivity index (χ2v) is 7.80. The second kappa shape index (κ2) is 7.30. The van der Waals surface area contributed by atoms with Crippen molar-refractivity contribution in [3.05, 3.63) is 66.4 Å². The predicted molar refractivity (Wildman–Crippen MR) is 109 cm³/mol. The number of hydrogen-bond donors (Lipinski definition) is 3. The summed E-state index contributed by atoms with van der Waals surface area (Å²) in [6, 6.07) is 17.7. The molecule has 1 amide bonds. The highest BCUT2D eigenvalue weighted by atomic mass is 16.5. The standard InChI is InChI=1S/C22H25N3O3/c1-22(2,27)13-28-17-10-8-15(9-11-17)18-12-25(16-6-4-3-5-7-16)20-19(18)21(26)24-14-23-20/h3-12,19-20,23,27H,13-14H2,1-2H3,(H,24,26). The highest BCUT2D eigenvalue weighted by Gasteiger charge is 2.43. The van der Waals surface area contributed by atoms with Crippen molar-refractivity contribution < 1.29 is 14.6 Å². The van der Waals surface area contributed by atoms with Crippen LogP contribution in [0.1, 0.15) is 19.4 Å². The Morgan fingerprint density at radius 1 is 1.14 bits per heavy atom. The second-order valence-electron chi connectivity index (χ2n) is 7.80. The quantitative estimate of drug-likeness (QED) is 0.744. The number of amides is 1. The van der Waals surface area contributed by atoms with Crippen LogP contribution in [0.2, 0.25) is 0 Å². The van der Waals surface area contributed by atoms with E-state index < -0.39 is 5.60 Å². The van der Waals surface area contributed by atoms with Crippen molar-refractivity contribution in [3.63, 3.8) is 0 Å². The first kappa shape index (κ1) is 18.5. The van der Waals surface area contributed by atoms with Crippen LogP contribution in [0.3, 0.4) is 0 Å². The summed E-state index contributed by atoms with van der Waals surface area (Å²) in [5.74, 6) is 0.417. The molecular formula is C22H25N3O3. The monoisotopic (exact) mass is 379 g/mol. The van der Waals surface area contributed by atoms with Crippen LogP contribution in [-0.2, 0) is 4.79 Å². The maximum absolute atomic E-state index is 12.6. The van der Waals surface area contributed by atoms with E-state index in [9.17, 15) is 9.90 Å². The van der Waals surface area contributed by atoms with Crippen LogP contribution >= 0.6 is 0 Å². The summed E-state index contributed by atoms with van der Waals surface area (Å²) in [5.41, 5.74) is 2.09. The van der Waals surface area contributed by atoms with E-state index in [0.717, 1.165) is 16.8 Å². The molecule has 3 N–H and O–H groups in total. The molecule has 2 aliphatic heterocycles. The zero-order chi connectivity index (χ0) is 19.7. The number of rotatable bonds is 5. The van der Waals surface area contributed by atoms with Gasteiger partial charge in [-0.25, -0.2) is 0 Å². The Labute approximate surface area is 164 Å². The summed E-state index contributed by atoms with van der Waals surface area (Å²) < 4.78 is 5.63. The fourth-order valence-corrected chi connectivity index (χ4v) is 3.59. The Bertz CT molecular complexity index is 872. The summed E-state index contributed by atoms with van der Waals surface area (Å²) in [7, 11) is 0. The van der Waals surface area contributed by atoms with Crippen molar-refractivity contribution in [2.24, 2.45) is 5.92 Å². The summed E-state index contributed by atoms with van der Waals surface area (Å²) in [5, 5.41) is 16.1. The lowest BCUT2D eigenvalue weighted by Gasteiger charge is -2.34. The lowest BCUT2D eigenvalue weighted by atomic mass is 9.91. The van der Waals surface area contributed by atoms with E-state index in [1.165, 1.54) is 0 Å². The van der Waals surface area contributed by atoms with Gasteiger partial charge in [0.25, 0.3) is 0 Å². The van der Waals surface area contributed by atoms with Crippen LogP contribution < -0.4 is 20.3 Å². The molecule has 0 aliphatic carbocycles. The van der Waals surface area contributed by atoms with Crippen LogP contribution in [0.5, 0.6) is 5.75 Å². The maximum atomic E-state index is 12.6. The molecule has 146 valence electrons. The van der Waals surface area contributed by atoms with Gasteiger partial charge in [-0.05, 0) is 49.2 Å².